The molecule has 0 bridgehead atoms. The molecule has 2 amide bonds. The molecular formula is C21H15ClN2O3. The van der Waals surface area contributed by atoms with Gasteiger partial charge in [0.05, 0.1) is 32.9 Å². The Labute approximate surface area is 160 Å². The van der Waals surface area contributed by atoms with Crippen LogP contribution in [-0.4, -0.2) is 22.6 Å². The van der Waals surface area contributed by atoms with Crippen LogP contribution in [0.15, 0.2) is 48.7 Å². The number of anilines is 1. The molecule has 2 heterocycles. The van der Waals surface area contributed by atoms with Crippen LogP contribution in [0.2, 0.25) is 5.02 Å². The van der Waals surface area contributed by atoms with Gasteiger partial charge in [-0.3, -0.25) is 19.4 Å². The Balaban J connectivity index is 1.87. The van der Waals surface area contributed by atoms with Crippen molar-refractivity contribution in [1.82, 2.24) is 4.98 Å². The topological polar surface area (TPSA) is 67.3 Å². The number of benzene rings is 2. The third-order valence-electron chi connectivity index (χ3n) is 4.62. The molecule has 0 aliphatic carbocycles. The van der Waals surface area contributed by atoms with Gasteiger partial charge >= 0.3 is 0 Å². The first kappa shape index (κ1) is 17.4. The lowest BCUT2D eigenvalue weighted by Gasteiger charge is -2.17. The predicted molar refractivity (Wildman–Crippen MR) is 104 cm³/mol. The number of pyridine rings is 1. The van der Waals surface area contributed by atoms with E-state index in [-0.39, 0.29) is 10.8 Å². The summed E-state index contributed by atoms with van der Waals surface area (Å²) in [5.41, 5.74) is 1.84. The van der Waals surface area contributed by atoms with Crippen LogP contribution in [0.4, 0.5) is 5.69 Å². The maximum absolute atomic E-state index is 12.8. The van der Waals surface area contributed by atoms with Crippen molar-refractivity contribution < 1.29 is 14.4 Å². The molecule has 0 unspecified atom stereocenters. The van der Waals surface area contributed by atoms with Gasteiger partial charge in [0.25, 0.3) is 11.8 Å². The first-order valence-electron chi connectivity index (χ1n) is 8.62. The van der Waals surface area contributed by atoms with E-state index in [0.717, 1.165) is 4.90 Å². The quantitative estimate of drug-likeness (QED) is 0.488. The van der Waals surface area contributed by atoms with Crippen LogP contribution in [-0.2, 0) is 0 Å². The highest BCUT2D eigenvalue weighted by molar-refractivity contribution is 6.40. The highest BCUT2D eigenvalue weighted by Gasteiger charge is 2.37. The van der Waals surface area contributed by atoms with E-state index in [1.165, 1.54) is 6.20 Å². The van der Waals surface area contributed by atoms with Gasteiger partial charge in [0.1, 0.15) is 0 Å². The van der Waals surface area contributed by atoms with Crippen LogP contribution >= 0.6 is 11.6 Å². The Bertz CT molecular complexity index is 1090. The third-order valence-corrected chi connectivity index (χ3v) is 5.03. The summed E-state index contributed by atoms with van der Waals surface area (Å²) in [4.78, 5) is 43.3. The number of halogens is 1. The fourth-order valence-electron chi connectivity index (χ4n) is 3.32. The largest absolute Gasteiger partial charge is 0.294 e. The molecule has 1 aliphatic heterocycles. The molecule has 4 rings (SSSR count). The molecule has 6 heteroatoms. The van der Waals surface area contributed by atoms with E-state index in [1.54, 1.807) is 42.5 Å². The molecule has 0 saturated heterocycles. The lowest BCUT2D eigenvalue weighted by Crippen LogP contribution is -2.29. The third kappa shape index (κ3) is 2.62. The molecule has 3 aromatic rings. The van der Waals surface area contributed by atoms with E-state index in [0.29, 0.717) is 46.1 Å². The maximum Gasteiger partial charge on any atom is 0.266 e. The van der Waals surface area contributed by atoms with E-state index >= 15 is 0 Å². The summed E-state index contributed by atoms with van der Waals surface area (Å²) < 4.78 is 0. The van der Waals surface area contributed by atoms with Crippen LogP contribution in [0.1, 0.15) is 50.8 Å². The summed E-state index contributed by atoms with van der Waals surface area (Å²) in [5.74, 6) is -0.873. The fraction of sp³-hybridized carbons (Fsp3) is 0.143. The molecular weight excluding hydrogens is 364 g/mol. The first-order chi connectivity index (χ1) is 13.0. The van der Waals surface area contributed by atoms with Gasteiger partial charge in [-0.15, -0.1) is 0 Å². The average molecular weight is 379 g/mol. The Morgan fingerprint density at radius 2 is 1.70 bits per heavy atom. The molecule has 2 aromatic carbocycles. The van der Waals surface area contributed by atoms with E-state index in [1.807, 2.05) is 6.92 Å². The molecule has 1 aliphatic rings. The molecule has 0 atom stereocenters. The van der Waals surface area contributed by atoms with Gasteiger partial charge in [-0.1, -0.05) is 42.8 Å². The Morgan fingerprint density at radius 3 is 2.33 bits per heavy atom. The molecule has 1 aromatic heterocycles. The summed E-state index contributed by atoms with van der Waals surface area (Å²) in [6.45, 7) is 1.92. The monoisotopic (exact) mass is 378 g/mol. The minimum Gasteiger partial charge on any atom is -0.294 e. The summed E-state index contributed by atoms with van der Waals surface area (Å²) >= 11 is 6.46. The van der Waals surface area contributed by atoms with Crippen molar-refractivity contribution >= 4 is 45.8 Å². The molecule has 27 heavy (non-hydrogen) atoms. The molecule has 0 radical (unpaired) electrons. The van der Waals surface area contributed by atoms with Gasteiger partial charge in [-0.2, -0.15) is 0 Å². The van der Waals surface area contributed by atoms with Crippen molar-refractivity contribution in [3.8, 4) is 0 Å². The van der Waals surface area contributed by atoms with Crippen molar-refractivity contribution in [2.75, 3.05) is 4.90 Å². The number of fused-ring (bicyclic) bond motifs is 2. The first-order valence-corrected chi connectivity index (χ1v) is 9.00. The Hall–Kier alpha value is -3.05. The number of amides is 2. The number of ketones is 1. The highest BCUT2D eigenvalue weighted by Crippen LogP contribution is 2.36. The SMILES string of the molecule is CCCC(=O)c1cnc2c(N3C(=O)c4ccccc4C3=O)cccc2c1Cl. The normalized spacial score (nSPS) is 13.3. The van der Waals surface area contributed by atoms with Crippen LogP contribution in [0, 0.1) is 0 Å². The number of carbonyl (C=O) groups is 3. The molecule has 5 nitrogen and oxygen atoms in total. The second kappa shape index (κ2) is 6.59. The Kier molecular flexibility index (Phi) is 4.24. The number of hydrogen-bond acceptors (Lipinski definition) is 4. The predicted octanol–water partition coefficient (Wildman–Crippen LogP) is 4.67. The van der Waals surface area contributed by atoms with E-state index in [9.17, 15) is 14.4 Å². The number of Topliss-reactive ketones (excluding diaryl/α,β-unsaturated/α-hetero) is 1. The van der Waals surface area contributed by atoms with Gasteiger partial charge in [-0.25, -0.2) is 4.90 Å². The summed E-state index contributed by atoms with van der Waals surface area (Å²) in [7, 11) is 0. The zero-order valence-corrected chi connectivity index (χ0v) is 15.3. The average Bonchev–Trinajstić information content (AvgIpc) is 2.93. The maximum atomic E-state index is 12.8. The van der Waals surface area contributed by atoms with Crippen LogP contribution < -0.4 is 4.90 Å². The molecule has 0 N–H and O–H groups in total. The van der Waals surface area contributed by atoms with Crippen LogP contribution in [0.5, 0.6) is 0 Å². The fourth-order valence-corrected chi connectivity index (χ4v) is 3.63. The lowest BCUT2D eigenvalue weighted by molar-refractivity contribution is 0.0924. The van der Waals surface area contributed by atoms with Crippen LogP contribution in [0.3, 0.4) is 0 Å². The van der Waals surface area contributed by atoms with Crippen molar-refractivity contribution in [1.29, 1.82) is 0 Å². The van der Waals surface area contributed by atoms with Gasteiger partial charge in [0.2, 0.25) is 0 Å². The minimum absolute atomic E-state index is 0.0805. The number of para-hydroxylation sites is 1. The summed E-state index contributed by atoms with van der Waals surface area (Å²) in [5, 5.41) is 0.824. The van der Waals surface area contributed by atoms with E-state index in [4.69, 9.17) is 11.6 Å². The van der Waals surface area contributed by atoms with Gasteiger partial charge in [0.15, 0.2) is 5.78 Å². The van der Waals surface area contributed by atoms with Crippen molar-refractivity contribution in [3.05, 3.63) is 70.4 Å². The number of hydrogen-bond donors (Lipinski definition) is 0. The van der Waals surface area contributed by atoms with E-state index < -0.39 is 11.8 Å². The second-order valence-corrected chi connectivity index (χ2v) is 6.70. The van der Waals surface area contributed by atoms with Gasteiger partial charge < -0.3 is 0 Å². The Morgan fingerprint density at radius 1 is 1.04 bits per heavy atom. The van der Waals surface area contributed by atoms with Crippen molar-refractivity contribution in [2.45, 2.75) is 19.8 Å². The number of imide groups is 1. The molecule has 134 valence electrons. The molecule has 0 saturated carbocycles. The number of nitrogens with zero attached hydrogens (tertiary/aromatic N) is 2. The summed E-state index contributed by atoms with van der Waals surface area (Å²) in [6.07, 6.45) is 2.51. The highest BCUT2D eigenvalue weighted by atomic mass is 35.5. The second-order valence-electron chi connectivity index (χ2n) is 6.32. The zero-order valence-electron chi connectivity index (χ0n) is 14.5. The van der Waals surface area contributed by atoms with Crippen molar-refractivity contribution in [2.24, 2.45) is 0 Å². The van der Waals surface area contributed by atoms with Crippen molar-refractivity contribution in [3.63, 3.8) is 0 Å². The minimum atomic E-state index is -0.396. The number of rotatable bonds is 4. The smallest absolute Gasteiger partial charge is 0.266 e. The number of aromatic nitrogens is 1. The lowest BCUT2D eigenvalue weighted by atomic mass is 10.1. The zero-order chi connectivity index (χ0) is 19.1. The van der Waals surface area contributed by atoms with Gasteiger partial charge in [0, 0.05) is 18.0 Å². The van der Waals surface area contributed by atoms with Gasteiger partial charge in [-0.05, 0) is 24.6 Å². The molecule has 0 fully saturated rings. The summed E-state index contributed by atoms with van der Waals surface area (Å²) in [6, 6.07) is 11.8. The van der Waals surface area contributed by atoms with E-state index in [2.05, 4.69) is 4.98 Å². The molecule has 0 spiro atoms. The standard InChI is InChI=1S/C21H15ClN2O3/c1-2-6-17(25)15-11-23-19-14(18(15)22)9-5-10-16(19)24-20(26)12-7-3-4-8-13(12)21(24)27/h3-5,7-11H,2,6H2,1H3. The van der Waals surface area contributed by atoms with Crippen LogP contribution in [0.25, 0.3) is 10.9 Å². The number of carbonyl (C=O) groups excluding carboxylic acids is 3.